The van der Waals surface area contributed by atoms with E-state index in [2.05, 4.69) is 13.8 Å². The first kappa shape index (κ1) is 30.9. The Kier molecular flexibility index (Phi) is 23.8. The first-order valence-electron chi connectivity index (χ1n) is 13.9. The van der Waals surface area contributed by atoms with Gasteiger partial charge in [-0.05, 0) is 39.0 Å². The van der Waals surface area contributed by atoms with Crippen molar-refractivity contribution in [2.24, 2.45) is 0 Å². The van der Waals surface area contributed by atoms with Crippen LogP contribution in [0, 0.1) is 0 Å². The number of rotatable bonds is 24. The lowest BCUT2D eigenvalue weighted by Crippen LogP contribution is -2.14. The number of ether oxygens (including phenoxy) is 2. The van der Waals surface area contributed by atoms with E-state index in [-0.39, 0.29) is 18.0 Å². The highest BCUT2D eigenvalue weighted by molar-refractivity contribution is 5.70. The highest BCUT2D eigenvalue weighted by atomic mass is 16.5. The number of carbonyl (C=O) groups is 2. The van der Waals surface area contributed by atoms with Crippen LogP contribution in [0.2, 0.25) is 0 Å². The molecule has 4 nitrogen and oxygen atoms in total. The second kappa shape index (κ2) is 24.6. The summed E-state index contributed by atoms with van der Waals surface area (Å²) in [6, 6.07) is 0. The van der Waals surface area contributed by atoms with Crippen molar-refractivity contribution in [2.75, 3.05) is 6.61 Å². The zero-order valence-electron chi connectivity index (χ0n) is 21.8. The van der Waals surface area contributed by atoms with E-state index in [4.69, 9.17) is 9.47 Å². The minimum Gasteiger partial charge on any atom is -0.466 e. The van der Waals surface area contributed by atoms with E-state index in [0.717, 1.165) is 25.7 Å². The summed E-state index contributed by atoms with van der Waals surface area (Å²) in [5.41, 5.74) is 0. The molecule has 0 aromatic rings. The quantitative estimate of drug-likeness (QED) is 0.108. The molecule has 190 valence electrons. The van der Waals surface area contributed by atoms with E-state index in [1.54, 1.807) is 0 Å². The smallest absolute Gasteiger partial charge is 0.306 e. The zero-order chi connectivity index (χ0) is 23.7. The van der Waals surface area contributed by atoms with Crippen LogP contribution >= 0.6 is 0 Å². The summed E-state index contributed by atoms with van der Waals surface area (Å²) in [6.45, 7) is 6.96. The average molecular weight is 455 g/mol. The lowest BCUT2D eigenvalue weighted by Gasteiger charge is -2.13. The van der Waals surface area contributed by atoms with Crippen molar-refractivity contribution in [1.82, 2.24) is 0 Å². The highest BCUT2D eigenvalue weighted by Crippen LogP contribution is 2.13. The van der Waals surface area contributed by atoms with Crippen LogP contribution in [0.3, 0.4) is 0 Å². The Labute approximate surface area is 199 Å². The molecule has 0 aliphatic rings. The second-order valence-electron chi connectivity index (χ2n) is 9.47. The average Bonchev–Trinajstić information content (AvgIpc) is 2.77. The summed E-state index contributed by atoms with van der Waals surface area (Å²) in [5.74, 6) is -0.274. The molecule has 0 amide bonds. The highest BCUT2D eigenvalue weighted by Gasteiger charge is 2.10. The van der Waals surface area contributed by atoms with Crippen molar-refractivity contribution in [3.8, 4) is 0 Å². The maximum atomic E-state index is 11.9. The van der Waals surface area contributed by atoms with Crippen molar-refractivity contribution in [3.63, 3.8) is 0 Å². The third kappa shape index (κ3) is 23.6. The third-order valence-electron chi connectivity index (χ3n) is 6.07. The second-order valence-corrected chi connectivity index (χ2v) is 9.47. The van der Waals surface area contributed by atoms with Crippen LogP contribution in [-0.2, 0) is 19.1 Å². The fraction of sp³-hybridized carbons (Fsp3) is 0.929. The maximum absolute atomic E-state index is 11.9. The largest absolute Gasteiger partial charge is 0.466 e. The predicted molar refractivity (Wildman–Crippen MR) is 135 cm³/mol. The van der Waals surface area contributed by atoms with Crippen molar-refractivity contribution in [2.45, 2.75) is 162 Å². The Bertz CT molecular complexity index is 422. The first-order chi connectivity index (χ1) is 15.6. The van der Waals surface area contributed by atoms with Gasteiger partial charge in [0, 0.05) is 12.8 Å². The van der Waals surface area contributed by atoms with Crippen molar-refractivity contribution < 1.29 is 19.1 Å². The molecule has 0 saturated heterocycles. The molecule has 0 aromatic carbocycles. The van der Waals surface area contributed by atoms with Gasteiger partial charge in [0.25, 0.3) is 0 Å². The van der Waals surface area contributed by atoms with Crippen molar-refractivity contribution in [3.05, 3.63) is 0 Å². The summed E-state index contributed by atoms with van der Waals surface area (Å²) >= 11 is 0. The third-order valence-corrected chi connectivity index (χ3v) is 6.07. The van der Waals surface area contributed by atoms with E-state index in [1.807, 2.05) is 6.92 Å². The Morgan fingerprint density at radius 3 is 1.53 bits per heavy atom. The molecule has 0 N–H and O–H groups in total. The zero-order valence-corrected chi connectivity index (χ0v) is 21.8. The van der Waals surface area contributed by atoms with Crippen LogP contribution in [0.4, 0.5) is 0 Å². The monoisotopic (exact) mass is 454 g/mol. The van der Waals surface area contributed by atoms with Crippen molar-refractivity contribution in [1.29, 1.82) is 0 Å². The molecule has 0 radical (unpaired) electrons. The summed E-state index contributed by atoms with van der Waals surface area (Å²) in [6.07, 6.45) is 23.6. The number of unbranched alkanes of at least 4 members (excludes halogenated alkanes) is 15. The molecule has 0 heterocycles. The van der Waals surface area contributed by atoms with Crippen LogP contribution in [0.25, 0.3) is 0 Å². The van der Waals surface area contributed by atoms with Gasteiger partial charge in [-0.25, -0.2) is 0 Å². The van der Waals surface area contributed by atoms with E-state index >= 15 is 0 Å². The number of hydrogen-bond acceptors (Lipinski definition) is 4. The van der Waals surface area contributed by atoms with Gasteiger partial charge < -0.3 is 9.47 Å². The Hall–Kier alpha value is -1.06. The topological polar surface area (TPSA) is 52.6 Å². The van der Waals surface area contributed by atoms with Gasteiger partial charge in [-0.15, -0.1) is 0 Å². The molecular weight excluding hydrogens is 400 g/mol. The van der Waals surface area contributed by atoms with Crippen LogP contribution in [0.5, 0.6) is 0 Å². The fourth-order valence-electron chi connectivity index (χ4n) is 3.94. The van der Waals surface area contributed by atoms with Crippen LogP contribution in [0.15, 0.2) is 0 Å². The molecule has 0 spiro atoms. The lowest BCUT2D eigenvalue weighted by molar-refractivity contribution is -0.149. The minimum atomic E-state index is -0.141. The van der Waals surface area contributed by atoms with Gasteiger partial charge in [-0.2, -0.15) is 0 Å². The molecular formula is C28H54O4. The molecule has 1 unspecified atom stereocenters. The Morgan fingerprint density at radius 1 is 0.562 bits per heavy atom. The first-order valence-corrected chi connectivity index (χ1v) is 13.9. The molecule has 1 atom stereocenters. The van der Waals surface area contributed by atoms with Gasteiger partial charge in [-0.1, -0.05) is 104 Å². The van der Waals surface area contributed by atoms with Crippen LogP contribution in [0.1, 0.15) is 156 Å². The van der Waals surface area contributed by atoms with E-state index in [9.17, 15) is 9.59 Å². The van der Waals surface area contributed by atoms with Gasteiger partial charge in [-0.3, -0.25) is 9.59 Å². The molecule has 0 bridgehead atoms. The van der Waals surface area contributed by atoms with Gasteiger partial charge >= 0.3 is 11.9 Å². The number of esters is 2. The van der Waals surface area contributed by atoms with E-state index in [0.29, 0.717) is 32.3 Å². The molecule has 0 aliphatic carbocycles. The fourth-order valence-corrected chi connectivity index (χ4v) is 3.94. The maximum Gasteiger partial charge on any atom is 0.306 e. The Morgan fingerprint density at radius 2 is 1.00 bits per heavy atom. The summed E-state index contributed by atoms with van der Waals surface area (Å²) in [5, 5.41) is 0. The summed E-state index contributed by atoms with van der Waals surface area (Å²) in [4.78, 5) is 23.7. The van der Waals surface area contributed by atoms with Gasteiger partial charge in [0.05, 0.1) is 12.7 Å². The molecule has 0 aliphatic heterocycles. The number of carbonyl (C=O) groups excluding carboxylic acids is 2. The van der Waals surface area contributed by atoms with Crippen molar-refractivity contribution >= 4 is 11.9 Å². The SMILES string of the molecule is CCCCCCCCCCCCCCOC(=O)CCCCC(=O)OC(C)CCCCCC. The minimum absolute atomic E-state index is 0.000120. The summed E-state index contributed by atoms with van der Waals surface area (Å²) < 4.78 is 10.7. The molecule has 4 heteroatoms. The standard InChI is InChI=1S/C28H54O4/c1-4-6-8-10-11-12-13-14-15-16-17-21-25-31-27(29)23-19-20-24-28(30)32-26(3)22-18-9-7-5-2/h26H,4-25H2,1-3H3. The van der Waals surface area contributed by atoms with Gasteiger partial charge in [0.1, 0.15) is 0 Å². The predicted octanol–water partition coefficient (Wildman–Crippen LogP) is 8.69. The van der Waals surface area contributed by atoms with Gasteiger partial charge in [0.15, 0.2) is 0 Å². The normalized spacial score (nSPS) is 12.0. The number of hydrogen-bond donors (Lipinski definition) is 0. The molecule has 0 aromatic heterocycles. The van der Waals surface area contributed by atoms with E-state index in [1.165, 1.54) is 83.5 Å². The molecule has 0 fully saturated rings. The Balaban J connectivity index is 3.37. The van der Waals surface area contributed by atoms with Gasteiger partial charge in [0.2, 0.25) is 0 Å². The van der Waals surface area contributed by atoms with E-state index < -0.39 is 0 Å². The lowest BCUT2D eigenvalue weighted by atomic mass is 10.1. The van der Waals surface area contributed by atoms with Crippen LogP contribution in [-0.4, -0.2) is 24.6 Å². The summed E-state index contributed by atoms with van der Waals surface area (Å²) in [7, 11) is 0. The molecule has 0 rings (SSSR count). The molecule has 0 saturated carbocycles. The molecule has 32 heavy (non-hydrogen) atoms. The van der Waals surface area contributed by atoms with Crippen LogP contribution < -0.4 is 0 Å².